The summed E-state index contributed by atoms with van der Waals surface area (Å²) in [5.41, 5.74) is 1.86. The van der Waals surface area contributed by atoms with E-state index in [4.69, 9.17) is 4.74 Å². The molecule has 2 aromatic carbocycles. The number of pyridine rings is 1. The van der Waals surface area contributed by atoms with Crippen LogP contribution in [-0.2, 0) is 14.4 Å². The molecule has 1 atom stereocenters. The minimum Gasteiger partial charge on any atom is -0.472 e. The normalized spacial score (nSPS) is 14.9. The Kier molecular flexibility index (Phi) is 5.61. The van der Waals surface area contributed by atoms with E-state index in [1.54, 1.807) is 54.7 Å². The quantitative estimate of drug-likeness (QED) is 0.666. The number of nitrogens with zero attached hydrogens (tertiary/aromatic N) is 2. The zero-order valence-electron chi connectivity index (χ0n) is 16.7. The van der Waals surface area contributed by atoms with Crippen LogP contribution in [0.3, 0.4) is 0 Å². The summed E-state index contributed by atoms with van der Waals surface area (Å²) >= 11 is 0. The molecule has 4 rings (SSSR count). The first-order valence-corrected chi connectivity index (χ1v) is 9.67. The fourth-order valence-electron chi connectivity index (χ4n) is 3.28. The number of ether oxygens (including phenoxy) is 1. The molecule has 0 aliphatic carbocycles. The summed E-state index contributed by atoms with van der Waals surface area (Å²) in [5.74, 6) is -0.194. The van der Waals surface area contributed by atoms with Crippen molar-refractivity contribution in [1.29, 1.82) is 0 Å². The fraction of sp³-hybridized carbons (Fsp3) is 0.130. The Balaban J connectivity index is 1.52. The Morgan fingerprint density at radius 2 is 1.65 bits per heavy atom. The maximum absolute atomic E-state index is 13.2. The maximum atomic E-state index is 13.2. The Labute approximate surface area is 178 Å². The first-order chi connectivity index (χ1) is 15.0. The molecule has 2 N–H and O–H groups in total. The van der Waals surface area contributed by atoms with Crippen molar-refractivity contribution < 1.29 is 19.1 Å². The van der Waals surface area contributed by atoms with Crippen LogP contribution in [0.25, 0.3) is 0 Å². The Hall–Kier alpha value is -4.20. The number of hydrogen-bond donors (Lipinski definition) is 2. The van der Waals surface area contributed by atoms with E-state index in [2.05, 4.69) is 15.6 Å². The lowest BCUT2D eigenvalue weighted by atomic mass is 10.1. The molecular formula is C23H20N4O4. The fourth-order valence-corrected chi connectivity index (χ4v) is 3.28. The number of benzene rings is 2. The zero-order chi connectivity index (χ0) is 21.8. The van der Waals surface area contributed by atoms with Crippen molar-refractivity contribution in [3.8, 4) is 5.75 Å². The van der Waals surface area contributed by atoms with Gasteiger partial charge in [0.1, 0.15) is 6.54 Å². The molecule has 3 aromatic rings. The highest BCUT2D eigenvalue weighted by atomic mass is 16.5. The van der Waals surface area contributed by atoms with Crippen LogP contribution >= 0.6 is 0 Å². The van der Waals surface area contributed by atoms with Gasteiger partial charge in [0.2, 0.25) is 17.9 Å². The SMILES string of the molecule is CC(=O)Nc1ccc(NC(=O)CN2C(=O)[C@@H](c3ccccc3)Oc3cccnc32)cc1. The molecule has 1 aliphatic rings. The summed E-state index contributed by atoms with van der Waals surface area (Å²) in [5, 5.41) is 5.42. The lowest BCUT2D eigenvalue weighted by molar-refractivity contribution is -0.128. The number of aromatic nitrogens is 1. The van der Waals surface area contributed by atoms with Crippen molar-refractivity contribution >= 4 is 34.9 Å². The maximum Gasteiger partial charge on any atom is 0.274 e. The molecule has 0 saturated heterocycles. The highest BCUT2D eigenvalue weighted by molar-refractivity contribution is 6.05. The van der Waals surface area contributed by atoms with Gasteiger partial charge in [-0.3, -0.25) is 19.3 Å². The molecule has 156 valence electrons. The van der Waals surface area contributed by atoms with E-state index in [9.17, 15) is 14.4 Å². The highest BCUT2D eigenvalue weighted by Crippen LogP contribution is 2.36. The van der Waals surface area contributed by atoms with E-state index in [1.807, 2.05) is 18.2 Å². The minimum atomic E-state index is -0.859. The largest absolute Gasteiger partial charge is 0.472 e. The summed E-state index contributed by atoms with van der Waals surface area (Å²) in [6.07, 6.45) is 0.687. The molecule has 1 aliphatic heterocycles. The van der Waals surface area contributed by atoms with E-state index in [0.29, 0.717) is 28.5 Å². The van der Waals surface area contributed by atoms with Crippen molar-refractivity contribution in [1.82, 2.24) is 4.98 Å². The first-order valence-electron chi connectivity index (χ1n) is 9.67. The van der Waals surface area contributed by atoms with Gasteiger partial charge in [0, 0.05) is 30.1 Å². The Bertz CT molecular complexity index is 1120. The van der Waals surface area contributed by atoms with Crippen molar-refractivity contribution in [3.63, 3.8) is 0 Å². The van der Waals surface area contributed by atoms with Gasteiger partial charge in [-0.05, 0) is 36.4 Å². The number of anilines is 3. The molecule has 0 radical (unpaired) electrons. The monoisotopic (exact) mass is 416 g/mol. The van der Waals surface area contributed by atoms with Gasteiger partial charge in [-0.2, -0.15) is 0 Å². The lowest BCUT2D eigenvalue weighted by Gasteiger charge is -2.33. The van der Waals surface area contributed by atoms with E-state index in [-0.39, 0.29) is 24.3 Å². The second-order valence-electron chi connectivity index (χ2n) is 6.96. The number of rotatable bonds is 5. The van der Waals surface area contributed by atoms with Gasteiger partial charge in [-0.25, -0.2) is 4.98 Å². The molecule has 0 bridgehead atoms. The summed E-state index contributed by atoms with van der Waals surface area (Å²) in [7, 11) is 0. The molecular weight excluding hydrogens is 396 g/mol. The van der Waals surface area contributed by atoms with Crippen LogP contribution in [0.4, 0.5) is 17.2 Å². The number of carbonyl (C=O) groups excluding carboxylic acids is 3. The molecule has 0 saturated carbocycles. The predicted octanol–water partition coefficient (Wildman–Crippen LogP) is 3.15. The van der Waals surface area contributed by atoms with Crippen LogP contribution in [0.5, 0.6) is 5.75 Å². The number of fused-ring (bicyclic) bond motifs is 1. The molecule has 0 unspecified atom stereocenters. The van der Waals surface area contributed by atoms with E-state index >= 15 is 0 Å². The average Bonchev–Trinajstić information content (AvgIpc) is 2.77. The molecule has 8 heteroatoms. The number of nitrogens with one attached hydrogen (secondary N) is 2. The molecule has 8 nitrogen and oxygen atoms in total. The predicted molar refractivity (Wildman–Crippen MR) is 116 cm³/mol. The molecule has 1 aromatic heterocycles. The third kappa shape index (κ3) is 4.53. The first kappa shape index (κ1) is 20.1. The van der Waals surface area contributed by atoms with Gasteiger partial charge >= 0.3 is 0 Å². The summed E-state index contributed by atoms with van der Waals surface area (Å²) < 4.78 is 5.89. The van der Waals surface area contributed by atoms with Gasteiger partial charge in [0.15, 0.2) is 11.6 Å². The summed E-state index contributed by atoms with van der Waals surface area (Å²) in [6, 6.07) is 19.2. The lowest BCUT2D eigenvalue weighted by Crippen LogP contribution is -2.45. The van der Waals surface area contributed by atoms with E-state index in [0.717, 1.165) is 0 Å². The standard InChI is InChI=1S/C23H20N4O4/c1-15(28)25-17-9-11-18(12-10-17)26-20(29)14-27-22-19(8-5-13-24-22)31-21(23(27)30)16-6-3-2-4-7-16/h2-13,21H,14H2,1H3,(H,25,28)(H,26,29)/t21-/m1/s1. The van der Waals surface area contributed by atoms with Crippen LogP contribution in [-0.4, -0.2) is 29.3 Å². The van der Waals surface area contributed by atoms with E-state index in [1.165, 1.54) is 11.8 Å². The Morgan fingerprint density at radius 3 is 2.32 bits per heavy atom. The van der Waals surface area contributed by atoms with Crippen LogP contribution in [0.15, 0.2) is 72.9 Å². The third-order valence-electron chi connectivity index (χ3n) is 4.63. The molecule has 3 amide bonds. The van der Waals surface area contributed by atoms with Gasteiger partial charge in [-0.1, -0.05) is 30.3 Å². The van der Waals surface area contributed by atoms with Crippen LogP contribution in [0.2, 0.25) is 0 Å². The highest BCUT2D eigenvalue weighted by Gasteiger charge is 2.37. The number of amides is 3. The number of hydrogen-bond acceptors (Lipinski definition) is 5. The summed E-state index contributed by atoms with van der Waals surface area (Å²) in [4.78, 5) is 42.6. The Morgan fingerprint density at radius 1 is 0.968 bits per heavy atom. The summed E-state index contributed by atoms with van der Waals surface area (Å²) in [6.45, 7) is 1.20. The molecule has 0 spiro atoms. The van der Waals surface area contributed by atoms with Gasteiger partial charge in [0.25, 0.3) is 5.91 Å². The second-order valence-corrected chi connectivity index (χ2v) is 6.96. The van der Waals surface area contributed by atoms with Crippen LogP contribution in [0, 0.1) is 0 Å². The van der Waals surface area contributed by atoms with Gasteiger partial charge in [0.05, 0.1) is 0 Å². The van der Waals surface area contributed by atoms with E-state index < -0.39 is 6.10 Å². The van der Waals surface area contributed by atoms with Gasteiger partial charge < -0.3 is 15.4 Å². The third-order valence-corrected chi connectivity index (χ3v) is 4.63. The number of carbonyl (C=O) groups is 3. The van der Waals surface area contributed by atoms with Crippen LogP contribution < -0.4 is 20.3 Å². The van der Waals surface area contributed by atoms with Crippen molar-refractivity contribution in [3.05, 3.63) is 78.5 Å². The van der Waals surface area contributed by atoms with Crippen molar-refractivity contribution in [2.75, 3.05) is 22.1 Å². The zero-order valence-corrected chi connectivity index (χ0v) is 16.7. The second kappa shape index (κ2) is 8.66. The van der Waals surface area contributed by atoms with Gasteiger partial charge in [-0.15, -0.1) is 0 Å². The van der Waals surface area contributed by atoms with Crippen molar-refractivity contribution in [2.45, 2.75) is 13.0 Å². The molecule has 31 heavy (non-hydrogen) atoms. The smallest absolute Gasteiger partial charge is 0.274 e. The average molecular weight is 416 g/mol. The molecule has 0 fully saturated rings. The topological polar surface area (TPSA) is 101 Å². The van der Waals surface area contributed by atoms with Crippen LogP contribution in [0.1, 0.15) is 18.6 Å². The van der Waals surface area contributed by atoms with Crippen molar-refractivity contribution in [2.24, 2.45) is 0 Å². The molecule has 2 heterocycles. The minimum absolute atomic E-state index is 0.179.